The average Bonchev–Trinajstić information content (AvgIpc) is 2.89. The monoisotopic (exact) mass is 289 g/mol. The zero-order valence-electron chi connectivity index (χ0n) is 12.0. The number of amides is 1. The molecule has 1 unspecified atom stereocenters. The number of aromatic nitrogens is 1. The molecule has 0 saturated heterocycles. The molecule has 1 aromatic heterocycles. The van der Waals surface area contributed by atoms with Crippen LogP contribution >= 0.6 is 11.3 Å². The van der Waals surface area contributed by atoms with Crippen LogP contribution in [0.25, 0.3) is 0 Å². The molecule has 0 aliphatic carbocycles. The van der Waals surface area contributed by atoms with Crippen molar-refractivity contribution < 1.29 is 4.79 Å². The Bertz CT molecular complexity index is 607. The third-order valence-electron chi connectivity index (χ3n) is 3.01. The van der Waals surface area contributed by atoms with Gasteiger partial charge in [0.1, 0.15) is 10.7 Å². The molecule has 2 aromatic rings. The van der Waals surface area contributed by atoms with Crippen molar-refractivity contribution in [3.8, 4) is 0 Å². The molecule has 0 radical (unpaired) electrons. The number of benzene rings is 1. The molecule has 0 aliphatic heterocycles. The molecule has 2 rings (SSSR count). The quantitative estimate of drug-likeness (QED) is 0.940. The van der Waals surface area contributed by atoms with Gasteiger partial charge < -0.3 is 10.6 Å². The first-order chi connectivity index (χ1) is 9.52. The summed E-state index contributed by atoms with van der Waals surface area (Å²) in [6, 6.07) is 7.76. The molecule has 0 bridgehead atoms. The van der Waals surface area contributed by atoms with Crippen LogP contribution in [0.3, 0.4) is 0 Å². The van der Waals surface area contributed by atoms with E-state index in [2.05, 4.69) is 4.98 Å². The Labute approximate surface area is 123 Å². The summed E-state index contributed by atoms with van der Waals surface area (Å²) in [4.78, 5) is 18.6. The maximum absolute atomic E-state index is 12.6. The van der Waals surface area contributed by atoms with Gasteiger partial charge in [-0.05, 0) is 38.5 Å². The molecule has 1 aromatic carbocycles. The summed E-state index contributed by atoms with van der Waals surface area (Å²) in [5.41, 5.74) is 8.28. The fourth-order valence-electron chi connectivity index (χ4n) is 1.97. The van der Waals surface area contributed by atoms with Crippen molar-refractivity contribution in [1.29, 1.82) is 0 Å². The minimum absolute atomic E-state index is 0.0822. The standard InChI is InChI=1S/C15H19N3OS/c1-4-18(12-7-5-6-10(2)8-12)15(19)13-9-20-14(17-13)11(3)16/h5-9,11H,4,16H2,1-3H3. The topological polar surface area (TPSA) is 59.2 Å². The van der Waals surface area contributed by atoms with Gasteiger partial charge in [0.05, 0.1) is 6.04 Å². The van der Waals surface area contributed by atoms with Gasteiger partial charge in [-0.1, -0.05) is 12.1 Å². The molecule has 5 heteroatoms. The average molecular weight is 289 g/mol. The summed E-state index contributed by atoms with van der Waals surface area (Å²) < 4.78 is 0. The zero-order chi connectivity index (χ0) is 14.7. The fourth-order valence-corrected chi connectivity index (χ4v) is 2.72. The fraction of sp³-hybridized carbons (Fsp3) is 0.333. The number of nitrogens with zero attached hydrogens (tertiary/aromatic N) is 2. The van der Waals surface area contributed by atoms with Crippen LogP contribution in [0, 0.1) is 6.92 Å². The van der Waals surface area contributed by atoms with E-state index < -0.39 is 0 Å². The van der Waals surface area contributed by atoms with Crippen molar-refractivity contribution in [3.05, 3.63) is 45.9 Å². The molecule has 1 amide bonds. The van der Waals surface area contributed by atoms with Crippen molar-refractivity contribution in [2.75, 3.05) is 11.4 Å². The SMILES string of the molecule is CCN(C(=O)c1csc(C(C)N)n1)c1cccc(C)c1. The van der Waals surface area contributed by atoms with Crippen LogP contribution in [-0.4, -0.2) is 17.4 Å². The van der Waals surface area contributed by atoms with E-state index in [9.17, 15) is 4.79 Å². The Morgan fingerprint density at radius 1 is 1.50 bits per heavy atom. The molecular weight excluding hydrogens is 270 g/mol. The number of carbonyl (C=O) groups excluding carboxylic acids is 1. The second-order valence-electron chi connectivity index (χ2n) is 4.75. The minimum atomic E-state index is -0.143. The Morgan fingerprint density at radius 2 is 2.25 bits per heavy atom. The van der Waals surface area contributed by atoms with Crippen LogP contribution in [0.4, 0.5) is 5.69 Å². The highest BCUT2D eigenvalue weighted by Gasteiger charge is 2.19. The summed E-state index contributed by atoms with van der Waals surface area (Å²) in [7, 11) is 0. The van der Waals surface area contributed by atoms with Gasteiger partial charge in [0.2, 0.25) is 0 Å². The lowest BCUT2D eigenvalue weighted by Crippen LogP contribution is -2.31. The molecule has 20 heavy (non-hydrogen) atoms. The summed E-state index contributed by atoms with van der Waals surface area (Å²) >= 11 is 1.43. The maximum Gasteiger partial charge on any atom is 0.277 e. The van der Waals surface area contributed by atoms with Crippen LogP contribution < -0.4 is 10.6 Å². The van der Waals surface area contributed by atoms with E-state index in [-0.39, 0.29) is 11.9 Å². The number of rotatable bonds is 4. The summed E-state index contributed by atoms with van der Waals surface area (Å²) in [5, 5.41) is 2.56. The molecule has 0 saturated carbocycles. The van der Waals surface area contributed by atoms with Crippen molar-refractivity contribution in [2.24, 2.45) is 5.73 Å². The summed E-state index contributed by atoms with van der Waals surface area (Å²) in [5.74, 6) is -0.0822. The van der Waals surface area contributed by atoms with Crippen molar-refractivity contribution in [3.63, 3.8) is 0 Å². The predicted octanol–water partition coefficient (Wildman–Crippen LogP) is 3.14. The van der Waals surface area contributed by atoms with Crippen LogP contribution in [0.2, 0.25) is 0 Å². The Hall–Kier alpha value is -1.72. The third kappa shape index (κ3) is 3.05. The molecule has 0 fully saturated rings. The Morgan fingerprint density at radius 3 is 2.80 bits per heavy atom. The van der Waals surface area contributed by atoms with E-state index in [1.54, 1.807) is 10.3 Å². The van der Waals surface area contributed by atoms with E-state index in [0.29, 0.717) is 12.2 Å². The number of carbonyl (C=O) groups is 1. The molecule has 4 nitrogen and oxygen atoms in total. The van der Waals surface area contributed by atoms with Gasteiger partial charge in [0.15, 0.2) is 0 Å². The van der Waals surface area contributed by atoms with Gasteiger partial charge in [0.25, 0.3) is 5.91 Å². The van der Waals surface area contributed by atoms with Gasteiger partial charge in [0, 0.05) is 17.6 Å². The van der Waals surface area contributed by atoms with Gasteiger partial charge in [-0.2, -0.15) is 0 Å². The second-order valence-corrected chi connectivity index (χ2v) is 5.64. The third-order valence-corrected chi connectivity index (χ3v) is 4.05. The second kappa shape index (κ2) is 6.15. The number of hydrogen-bond acceptors (Lipinski definition) is 4. The maximum atomic E-state index is 12.6. The van der Waals surface area contributed by atoms with Gasteiger partial charge >= 0.3 is 0 Å². The van der Waals surface area contributed by atoms with Gasteiger partial charge in [-0.3, -0.25) is 4.79 Å². The van der Waals surface area contributed by atoms with Crippen LogP contribution in [0.15, 0.2) is 29.6 Å². The van der Waals surface area contributed by atoms with E-state index >= 15 is 0 Å². The molecule has 106 valence electrons. The molecule has 1 heterocycles. The van der Waals surface area contributed by atoms with E-state index in [1.165, 1.54) is 11.3 Å². The number of anilines is 1. The van der Waals surface area contributed by atoms with E-state index in [4.69, 9.17) is 5.73 Å². The molecule has 0 aliphatic rings. The molecule has 2 N–H and O–H groups in total. The van der Waals surface area contributed by atoms with Crippen molar-refractivity contribution in [1.82, 2.24) is 4.98 Å². The number of nitrogens with two attached hydrogens (primary N) is 1. The normalized spacial score (nSPS) is 12.2. The minimum Gasteiger partial charge on any atom is -0.322 e. The van der Waals surface area contributed by atoms with Crippen molar-refractivity contribution in [2.45, 2.75) is 26.8 Å². The molecule has 0 spiro atoms. The van der Waals surface area contributed by atoms with E-state index in [0.717, 1.165) is 16.3 Å². The highest BCUT2D eigenvalue weighted by Crippen LogP contribution is 2.21. The lowest BCUT2D eigenvalue weighted by atomic mass is 10.2. The van der Waals surface area contributed by atoms with Crippen LogP contribution in [-0.2, 0) is 0 Å². The lowest BCUT2D eigenvalue weighted by molar-refractivity contribution is 0.0984. The number of aryl methyl sites for hydroxylation is 1. The number of thiazole rings is 1. The smallest absolute Gasteiger partial charge is 0.277 e. The van der Waals surface area contributed by atoms with Gasteiger partial charge in [-0.15, -0.1) is 11.3 Å². The van der Waals surface area contributed by atoms with Crippen LogP contribution in [0.1, 0.15) is 40.9 Å². The van der Waals surface area contributed by atoms with Crippen LogP contribution in [0.5, 0.6) is 0 Å². The predicted molar refractivity (Wildman–Crippen MR) is 83.2 cm³/mol. The van der Waals surface area contributed by atoms with E-state index in [1.807, 2.05) is 45.0 Å². The summed E-state index contributed by atoms with van der Waals surface area (Å²) in [6.07, 6.45) is 0. The highest BCUT2D eigenvalue weighted by atomic mass is 32.1. The Balaban J connectivity index is 2.29. The molecule has 1 atom stereocenters. The highest BCUT2D eigenvalue weighted by molar-refractivity contribution is 7.09. The largest absolute Gasteiger partial charge is 0.322 e. The first kappa shape index (κ1) is 14.7. The first-order valence-corrected chi connectivity index (χ1v) is 7.50. The summed E-state index contributed by atoms with van der Waals surface area (Å²) in [6.45, 7) is 6.44. The lowest BCUT2D eigenvalue weighted by Gasteiger charge is -2.20. The first-order valence-electron chi connectivity index (χ1n) is 6.62. The number of hydrogen-bond donors (Lipinski definition) is 1. The zero-order valence-corrected chi connectivity index (χ0v) is 12.8. The molecular formula is C15H19N3OS. The van der Waals surface area contributed by atoms with Gasteiger partial charge in [-0.25, -0.2) is 4.98 Å². The van der Waals surface area contributed by atoms with Crippen molar-refractivity contribution >= 4 is 22.9 Å². The Kier molecular flexibility index (Phi) is 4.52.